The maximum absolute atomic E-state index is 6.74. The summed E-state index contributed by atoms with van der Waals surface area (Å²) in [4.78, 5) is 9.41. The number of benzene rings is 2. The lowest BCUT2D eigenvalue weighted by atomic mass is 9.89. The molecule has 1 fully saturated rings. The fourth-order valence-electron chi connectivity index (χ4n) is 5.61. The molecule has 2 N–H and O–H groups in total. The normalized spacial score (nSPS) is 15.1. The lowest BCUT2D eigenvalue weighted by Gasteiger charge is -2.24. The molecular weight excluding hydrogens is 458 g/mol. The highest BCUT2D eigenvalue weighted by atomic mass is 15.4. The number of nitrogens with zero attached hydrogens (tertiary/aromatic N) is 6. The zero-order valence-corrected chi connectivity index (χ0v) is 20.7. The van der Waals surface area contributed by atoms with Crippen molar-refractivity contribution in [2.24, 2.45) is 12.8 Å². The minimum absolute atomic E-state index is 0.222. The number of imidazole rings is 1. The van der Waals surface area contributed by atoms with Crippen LogP contribution < -0.4 is 10.1 Å². The molecule has 0 bridgehead atoms. The Hall–Kier alpha value is -4.36. The van der Waals surface area contributed by atoms with E-state index in [9.17, 15) is 0 Å². The third-order valence-corrected chi connectivity index (χ3v) is 7.62. The van der Waals surface area contributed by atoms with Crippen LogP contribution in [0.4, 0.5) is 0 Å². The predicted molar refractivity (Wildman–Crippen MR) is 144 cm³/mol. The van der Waals surface area contributed by atoms with Crippen molar-refractivity contribution in [3.63, 3.8) is 0 Å². The molecule has 7 nitrogen and oxygen atoms in total. The van der Waals surface area contributed by atoms with Crippen LogP contribution in [0.5, 0.6) is 0 Å². The summed E-state index contributed by atoms with van der Waals surface area (Å²) in [6, 6.07) is 23.2. The van der Waals surface area contributed by atoms with E-state index in [-0.39, 0.29) is 5.54 Å². The van der Waals surface area contributed by atoms with Crippen LogP contribution in [0.2, 0.25) is 0 Å². The van der Waals surface area contributed by atoms with Crippen LogP contribution in [0.15, 0.2) is 91.6 Å². The highest BCUT2D eigenvalue weighted by Crippen LogP contribution is 2.36. The molecule has 182 valence electrons. The van der Waals surface area contributed by atoms with Crippen molar-refractivity contribution < 1.29 is 4.40 Å². The number of rotatable bonds is 4. The first-order chi connectivity index (χ1) is 18.1. The number of hydrogen-bond acceptors (Lipinski definition) is 4. The van der Waals surface area contributed by atoms with Crippen LogP contribution >= 0.6 is 0 Å². The average molecular weight is 487 g/mol. The molecule has 37 heavy (non-hydrogen) atoms. The van der Waals surface area contributed by atoms with E-state index in [1.807, 2.05) is 47.0 Å². The monoisotopic (exact) mass is 486 g/mol. The Balaban J connectivity index is 1.47. The van der Waals surface area contributed by atoms with Gasteiger partial charge < -0.3 is 10.3 Å². The van der Waals surface area contributed by atoms with Crippen LogP contribution in [0.3, 0.4) is 0 Å². The number of nitrogens with two attached hydrogens (primary N) is 1. The molecule has 4 aromatic heterocycles. The van der Waals surface area contributed by atoms with Crippen LogP contribution in [0.25, 0.3) is 44.9 Å². The molecule has 0 unspecified atom stereocenters. The Morgan fingerprint density at radius 3 is 2.43 bits per heavy atom. The Bertz CT molecular complexity index is 1740. The molecule has 1 aliphatic carbocycles. The molecule has 0 radical (unpaired) electrons. The highest BCUT2D eigenvalue weighted by molar-refractivity contribution is 5.93. The first kappa shape index (κ1) is 21.9. The van der Waals surface area contributed by atoms with Gasteiger partial charge in [0.1, 0.15) is 5.69 Å². The minimum atomic E-state index is -0.222. The second-order valence-electron chi connectivity index (χ2n) is 10.1. The predicted octanol–water partition coefficient (Wildman–Crippen LogP) is 4.95. The van der Waals surface area contributed by atoms with Gasteiger partial charge in [0, 0.05) is 30.5 Å². The van der Waals surface area contributed by atoms with Crippen molar-refractivity contribution in [1.29, 1.82) is 0 Å². The largest absolute Gasteiger partial charge is 0.340 e. The van der Waals surface area contributed by atoms with E-state index in [4.69, 9.17) is 15.8 Å². The fourth-order valence-corrected chi connectivity index (χ4v) is 5.61. The first-order valence-electron chi connectivity index (χ1n) is 12.8. The molecule has 7 rings (SSSR count). The summed E-state index contributed by atoms with van der Waals surface area (Å²) in [5.74, 6) is 0.776. The number of fused-ring (bicyclic) bond motifs is 3. The Kier molecular flexibility index (Phi) is 4.94. The molecule has 6 aromatic rings. The van der Waals surface area contributed by atoms with Gasteiger partial charge >= 0.3 is 5.82 Å². The highest BCUT2D eigenvalue weighted by Gasteiger charge is 2.32. The van der Waals surface area contributed by atoms with Gasteiger partial charge in [0.25, 0.3) is 5.65 Å². The Morgan fingerprint density at radius 2 is 1.70 bits per heavy atom. The summed E-state index contributed by atoms with van der Waals surface area (Å²) in [6.07, 6.45) is 12.2. The van der Waals surface area contributed by atoms with E-state index >= 15 is 0 Å². The zero-order chi connectivity index (χ0) is 25.0. The van der Waals surface area contributed by atoms with Gasteiger partial charge in [0.15, 0.2) is 5.69 Å². The molecule has 7 heteroatoms. The lowest BCUT2D eigenvalue weighted by Crippen LogP contribution is -2.32. The molecule has 1 saturated carbocycles. The zero-order valence-electron chi connectivity index (χ0n) is 20.7. The van der Waals surface area contributed by atoms with Crippen molar-refractivity contribution >= 4 is 16.6 Å². The van der Waals surface area contributed by atoms with E-state index in [2.05, 4.69) is 64.0 Å². The van der Waals surface area contributed by atoms with Gasteiger partial charge in [0.05, 0.1) is 28.5 Å². The summed E-state index contributed by atoms with van der Waals surface area (Å²) >= 11 is 0. The second-order valence-corrected chi connectivity index (χ2v) is 10.1. The van der Waals surface area contributed by atoms with Gasteiger partial charge in [-0.2, -0.15) is 4.40 Å². The molecule has 1 aliphatic rings. The third kappa shape index (κ3) is 3.62. The smallest absolute Gasteiger partial charge is 0.334 e. The van der Waals surface area contributed by atoms with E-state index in [0.717, 1.165) is 57.7 Å². The molecular formula is C30H28N7+. The maximum atomic E-state index is 6.74. The molecule has 0 saturated heterocycles. The standard InChI is InChI=1S/C30H28N7/c1-35-19-27(33-20-35)28-34-37(24-11-9-23(10-12-24)30(31)14-5-6-15-30)29-25-17-22(21-7-3-2-4-8-21)18-32-26(25)13-16-36(28)29/h2-4,7-13,16-20H,5-6,14-15,31H2,1H3/q+1. The van der Waals surface area contributed by atoms with Crippen LogP contribution in [-0.2, 0) is 12.6 Å². The maximum Gasteiger partial charge on any atom is 0.334 e. The minimum Gasteiger partial charge on any atom is -0.340 e. The van der Waals surface area contributed by atoms with Crippen molar-refractivity contribution in [3.05, 3.63) is 97.2 Å². The summed E-state index contributed by atoms with van der Waals surface area (Å²) < 4.78 is 6.05. The first-order valence-corrected chi connectivity index (χ1v) is 12.8. The van der Waals surface area contributed by atoms with Gasteiger partial charge in [0.2, 0.25) is 0 Å². The average Bonchev–Trinajstić information content (AvgIpc) is 3.68. The van der Waals surface area contributed by atoms with Gasteiger partial charge in [-0.15, -0.1) is 0 Å². The van der Waals surface area contributed by atoms with Crippen molar-refractivity contribution in [3.8, 4) is 28.3 Å². The number of aromatic nitrogens is 6. The second kappa shape index (κ2) is 8.35. The van der Waals surface area contributed by atoms with E-state index in [0.29, 0.717) is 0 Å². The van der Waals surface area contributed by atoms with Crippen molar-refractivity contribution in [1.82, 2.24) is 24.3 Å². The van der Waals surface area contributed by atoms with Gasteiger partial charge in [-0.05, 0) is 48.2 Å². The summed E-state index contributed by atoms with van der Waals surface area (Å²) in [5, 5.41) is 6.11. The molecule has 4 heterocycles. The van der Waals surface area contributed by atoms with Crippen LogP contribution in [-0.4, -0.2) is 24.3 Å². The fraction of sp³-hybridized carbons (Fsp3) is 0.200. The molecule has 0 aliphatic heterocycles. The van der Waals surface area contributed by atoms with E-state index < -0.39 is 0 Å². The van der Waals surface area contributed by atoms with Gasteiger partial charge in [-0.1, -0.05) is 60.0 Å². The number of pyridine rings is 2. The Morgan fingerprint density at radius 1 is 0.919 bits per heavy atom. The van der Waals surface area contributed by atoms with E-state index in [1.165, 1.54) is 18.4 Å². The van der Waals surface area contributed by atoms with Gasteiger partial charge in [-0.3, -0.25) is 4.98 Å². The van der Waals surface area contributed by atoms with Crippen LogP contribution in [0.1, 0.15) is 31.2 Å². The molecule has 0 spiro atoms. The molecule has 0 atom stereocenters. The Labute approximate surface area is 214 Å². The summed E-state index contributed by atoms with van der Waals surface area (Å²) in [6.45, 7) is 0. The SMILES string of the molecule is Cn1cnc(-c2nn(-c3ccc(C4(N)CCCC4)cc3)c3c4cc(-c5ccccc5)cnc4cc[n+]23)c1. The molecule has 2 aromatic carbocycles. The molecule has 0 amide bonds. The number of aryl methyl sites for hydroxylation is 1. The summed E-state index contributed by atoms with van der Waals surface area (Å²) in [7, 11) is 1.97. The summed E-state index contributed by atoms with van der Waals surface area (Å²) in [5.41, 5.74) is 13.6. The van der Waals surface area contributed by atoms with Crippen LogP contribution in [0, 0.1) is 0 Å². The topological polar surface area (TPSA) is 78.6 Å². The quantitative estimate of drug-likeness (QED) is 0.358. The van der Waals surface area contributed by atoms with Gasteiger partial charge in [-0.25, -0.2) is 4.98 Å². The van der Waals surface area contributed by atoms with Crippen molar-refractivity contribution in [2.45, 2.75) is 31.2 Å². The van der Waals surface area contributed by atoms with Crippen molar-refractivity contribution in [2.75, 3.05) is 0 Å². The number of hydrogen-bond donors (Lipinski definition) is 1. The lowest BCUT2D eigenvalue weighted by molar-refractivity contribution is -0.498. The van der Waals surface area contributed by atoms with E-state index in [1.54, 1.807) is 6.33 Å². The third-order valence-electron chi connectivity index (χ3n) is 7.62.